The first-order chi connectivity index (χ1) is 12.5. The molecule has 1 aromatic rings. The zero-order valence-corrected chi connectivity index (χ0v) is 18.8. The Morgan fingerprint density at radius 2 is 1.64 bits per heavy atom. The molecule has 3 N–H and O–H groups in total. The highest BCUT2D eigenvalue weighted by Gasteiger charge is 2.26. The average molecular weight is 516 g/mol. The van der Waals surface area contributed by atoms with Crippen molar-refractivity contribution in [1.82, 2.24) is 10.6 Å². The van der Waals surface area contributed by atoms with Gasteiger partial charge < -0.3 is 15.4 Å². The first kappa shape index (κ1) is 26.3. The third-order valence-corrected chi connectivity index (χ3v) is 3.23. The number of hydrogen-bond acceptors (Lipinski definition) is 3. The van der Waals surface area contributed by atoms with Crippen molar-refractivity contribution >= 4 is 41.7 Å². The average Bonchev–Trinajstić information content (AvgIpc) is 2.52. The van der Waals surface area contributed by atoms with Crippen molar-refractivity contribution < 1.29 is 22.7 Å². The third-order valence-electron chi connectivity index (χ3n) is 3.23. The highest BCUT2D eigenvalue weighted by molar-refractivity contribution is 14.0. The van der Waals surface area contributed by atoms with Crippen molar-refractivity contribution in [3.05, 3.63) is 29.8 Å². The van der Waals surface area contributed by atoms with E-state index in [1.54, 1.807) is 32.9 Å². The molecule has 0 aromatic heterocycles. The maximum absolute atomic E-state index is 12.1. The summed E-state index contributed by atoms with van der Waals surface area (Å²) in [5.41, 5.74) is 1.05. The summed E-state index contributed by atoms with van der Waals surface area (Å²) in [7, 11) is 1.50. The van der Waals surface area contributed by atoms with Crippen LogP contribution in [0.4, 0.5) is 23.7 Å². The van der Waals surface area contributed by atoms with Crippen LogP contribution >= 0.6 is 24.0 Å². The van der Waals surface area contributed by atoms with Gasteiger partial charge in [-0.1, -0.05) is 12.1 Å². The molecular weight excluding hydrogens is 488 g/mol. The fourth-order valence-electron chi connectivity index (χ4n) is 2.04. The van der Waals surface area contributed by atoms with Crippen LogP contribution in [0.3, 0.4) is 0 Å². The molecule has 0 saturated heterocycles. The quantitative estimate of drug-likeness (QED) is 0.300. The van der Waals surface area contributed by atoms with E-state index in [9.17, 15) is 18.0 Å². The maximum atomic E-state index is 12.1. The molecule has 0 bridgehead atoms. The Morgan fingerprint density at radius 1 is 1.07 bits per heavy atom. The van der Waals surface area contributed by atoms with Gasteiger partial charge in [0.05, 0.1) is 6.42 Å². The number of guanidine groups is 1. The molecule has 28 heavy (non-hydrogen) atoms. The highest BCUT2D eigenvalue weighted by atomic mass is 127. The summed E-state index contributed by atoms with van der Waals surface area (Å²) in [6.07, 6.45) is -4.99. The van der Waals surface area contributed by atoms with Crippen molar-refractivity contribution in [2.24, 2.45) is 4.99 Å². The molecule has 0 saturated carbocycles. The van der Waals surface area contributed by atoms with E-state index in [1.807, 2.05) is 12.1 Å². The summed E-state index contributed by atoms with van der Waals surface area (Å²) < 4.78 is 41.6. The van der Waals surface area contributed by atoms with Crippen LogP contribution in [0.2, 0.25) is 0 Å². The number of rotatable bonds is 6. The number of hydrogen-bond donors (Lipinski definition) is 3. The second kappa shape index (κ2) is 12.0. The lowest BCUT2D eigenvalue weighted by Crippen LogP contribution is -2.39. The van der Waals surface area contributed by atoms with E-state index in [-0.39, 0.29) is 30.5 Å². The molecule has 160 valence electrons. The van der Waals surface area contributed by atoms with Crippen molar-refractivity contribution in [2.45, 2.75) is 45.4 Å². The number of halogens is 4. The normalized spacial score (nSPS) is 12.0. The van der Waals surface area contributed by atoms with Crippen LogP contribution in [0.15, 0.2) is 29.3 Å². The number of anilines is 1. The Labute approximate surface area is 180 Å². The molecule has 1 amide bonds. The van der Waals surface area contributed by atoms with Crippen LogP contribution in [0.1, 0.15) is 32.8 Å². The van der Waals surface area contributed by atoms with Gasteiger partial charge in [0.2, 0.25) is 0 Å². The first-order valence-corrected chi connectivity index (χ1v) is 8.59. The SMILES string of the molecule is CN=C(NCCc1ccc(NC(=O)OC(C)(C)C)cc1)NCCC(F)(F)F.I. The lowest BCUT2D eigenvalue weighted by Gasteiger charge is -2.19. The van der Waals surface area contributed by atoms with E-state index < -0.39 is 24.3 Å². The van der Waals surface area contributed by atoms with E-state index in [0.717, 1.165) is 5.56 Å². The number of alkyl halides is 3. The van der Waals surface area contributed by atoms with Gasteiger partial charge in [0.1, 0.15) is 5.60 Å². The Bertz CT molecular complexity index is 629. The summed E-state index contributed by atoms with van der Waals surface area (Å²) in [6, 6.07) is 7.23. The summed E-state index contributed by atoms with van der Waals surface area (Å²) in [6.45, 7) is 5.64. The molecule has 6 nitrogen and oxygen atoms in total. The molecule has 10 heteroatoms. The zero-order chi connectivity index (χ0) is 20.5. The summed E-state index contributed by atoms with van der Waals surface area (Å²) in [5, 5.41) is 8.22. The highest BCUT2D eigenvalue weighted by Crippen LogP contribution is 2.18. The largest absolute Gasteiger partial charge is 0.444 e. The Kier molecular flexibility index (Phi) is 11.2. The Hall–Kier alpha value is -1.72. The minimum absolute atomic E-state index is 0. The fourth-order valence-corrected chi connectivity index (χ4v) is 2.04. The first-order valence-electron chi connectivity index (χ1n) is 8.59. The molecule has 0 fully saturated rings. The molecule has 1 aromatic carbocycles. The molecule has 0 unspecified atom stereocenters. The van der Waals surface area contributed by atoms with E-state index in [0.29, 0.717) is 24.6 Å². The monoisotopic (exact) mass is 516 g/mol. The zero-order valence-electron chi connectivity index (χ0n) is 16.4. The number of amides is 1. The number of ether oxygens (including phenoxy) is 1. The smallest absolute Gasteiger partial charge is 0.412 e. The van der Waals surface area contributed by atoms with E-state index in [2.05, 4.69) is 20.9 Å². The third kappa shape index (κ3) is 12.6. The number of carbonyl (C=O) groups is 1. The molecule has 1 rings (SSSR count). The Balaban J connectivity index is 0.00000729. The van der Waals surface area contributed by atoms with Gasteiger partial charge in [0.15, 0.2) is 5.96 Å². The lowest BCUT2D eigenvalue weighted by atomic mass is 10.1. The van der Waals surface area contributed by atoms with Gasteiger partial charge in [0.25, 0.3) is 0 Å². The van der Waals surface area contributed by atoms with Crippen LogP contribution in [0, 0.1) is 0 Å². The number of nitrogens with zero attached hydrogens (tertiary/aromatic N) is 1. The van der Waals surface area contributed by atoms with E-state index >= 15 is 0 Å². The van der Waals surface area contributed by atoms with Crippen LogP contribution in [-0.2, 0) is 11.2 Å². The van der Waals surface area contributed by atoms with Crippen LogP contribution in [-0.4, -0.2) is 44.0 Å². The van der Waals surface area contributed by atoms with Crippen molar-refractivity contribution in [2.75, 3.05) is 25.5 Å². The van der Waals surface area contributed by atoms with Gasteiger partial charge in [-0.3, -0.25) is 10.3 Å². The number of benzene rings is 1. The molecule has 0 aliphatic heterocycles. The molecule has 0 spiro atoms. The summed E-state index contributed by atoms with van der Waals surface area (Å²) in [4.78, 5) is 15.6. The predicted molar refractivity (Wildman–Crippen MR) is 115 cm³/mol. The number of aliphatic imine (C=N–C) groups is 1. The molecule has 0 aliphatic carbocycles. The molecular formula is C18H28F3IN4O2. The van der Waals surface area contributed by atoms with E-state index in [1.165, 1.54) is 7.05 Å². The van der Waals surface area contributed by atoms with Gasteiger partial charge in [0, 0.05) is 25.8 Å². The van der Waals surface area contributed by atoms with Crippen LogP contribution in [0.25, 0.3) is 0 Å². The fraction of sp³-hybridized carbons (Fsp3) is 0.556. The number of carbonyl (C=O) groups excluding carboxylic acids is 1. The lowest BCUT2D eigenvalue weighted by molar-refractivity contribution is -0.132. The van der Waals surface area contributed by atoms with Crippen molar-refractivity contribution in [3.63, 3.8) is 0 Å². The van der Waals surface area contributed by atoms with Crippen LogP contribution < -0.4 is 16.0 Å². The summed E-state index contributed by atoms with van der Waals surface area (Å²) >= 11 is 0. The van der Waals surface area contributed by atoms with Gasteiger partial charge in [-0.2, -0.15) is 13.2 Å². The van der Waals surface area contributed by atoms with Gasteiger partial charge >= 0.3 is 12.3 Å². The van der Waals surface area contributed by atoms with Gasteiger partial charge in [-0.15, -0.1) is 24.0 Å². The topological polar surface area (TPSA) is 74.8 Å². The predicted octanol–water partition coefficient (Wildman–Crippen LogP) is 4.31. The standard InChI is InChI=1S/C18H27F3N4O2.HI/c1-17(2,3)27-16(26)25-14-7-5-13(6-8-14)9-11-23-15(22-4)24-12-10-18(19,20)21;/h5-8H,9-12H2,1-4H3,(H,25,26)(H2,22,23,24);1H. The minimum Gasteiger partial charge on any atom is -0.444 e. The molecule has 0 aliphatic rings. The van der Waals surface area contributed by atoms with E-state index in [4.69, 9.17) is 4.74 Å². The second-order valence-corrected chi connectivity index (χ2v) is 6.86. The van der Waals surface area contributed by atoms with Crippen molar-refractivity contribution in [3.8, 4) is 0 Å². The maximum Gasteiger partial charge on any atom is 0.412 e. The second-order valence-electron chi connectivity index (χ2n) is 6.86. The minimum atomic E-state index is -4.19. The molecule has 0 atom stereocenters. The van der Waals surface area contributed by atoms with Crippen LogP contribution in [0.5, 0.6) is 0 Å². The Morgan fingerprint density at radius 3 is 2.14 bits per heavy atom. The summed E-state index contributed by atoms with van der Waals surface area (Å²) in [5.74, 6) is 0.322. The van der Waals surface area contributed by atoms with Crippen molar-refractivity contribution in [1.29, 1.82) is 0 Å². The van der Waals surface area contributed by atoms with Gasteiger partial charge in [-0.25, -0.2) is 4.79 Å². The number of nitrogens with one attached hydrogen (secondary N) is 3. The molecule has 0 heterocycles. The molecule has 0 radical (unpaired) electrons. The van der Waals surface area contributed by atoms with Gasteiger partial charge in [-0.05, 0) is 44.9 Å².